The van der Waals surface area contributed by atoms with Gasteiger partial charge in [-0.15, -0.1) is 0 Å². The minimum atomic E-state index is -0.492. The lowest BCUT2D eigenvalue weighted by atomic mass is 10.1. The number of primary amides is 1. The molecule has 0 spiro atoms. The second-order valence-electron chi connectivity index (χ2n) is 4.45. The minimum absolute atomic E-state index is 0.414. The van der Waals surface area contributed by atoms with E-state index in [9.17, 15) is 4.79 Å². The van der Waals surface area contributed by atoms with Crippen LogP contribution in [0.1, 0.15) is 16.2 Å². The van der Waals surface area contributed by atoms with Crippen LogP contribution in [0.5, 0.6) is 0 Å². The van der Waals surface area contributed by atoms with Gasteiger partial charge in [0.05, 0.1) is 12.1 Å². The predicted octanol–water partition coefficient (Wildman–Crippen LogP) is 0.738. The van der Waals surface area contributed by atoms with Gasteiger partial charge in [-0.05, 0) is 18.2 Å². The molecular formula is C13H17N5O. The number of aryl methyl sites for hydroxylation is 1. The SMILES string of the molecule is CN(Cc1nccn1C)c1ccc(N)cc1C(N)=O. The maximum Gasteiger partial charge on any atom is 0.250 e. The number of hydrogen-bond donors (Lipinski definition) is 2. The average Bonchev–Trinajstić information content (AvgIpc) is 2.74. The third kappa shape index (κ3) is 2.67. The summed E-state index contributed by atoms with van der Waals surface area (Å²) < 4.78 is 1.93. The number of hydrogen-bond acceptors (Lipinski definition) is 4. The number of imidazole rings is 1. The van der Waals surface area contributed by atoms with Crippen molar-refractivity contribution >= 4 is 17.3 Å². The number of nitrogens with two attached hydrogens (primary N) is 2. The molecule has 4 N–H and O–H groups in total. The number of carbonyl (C=O) groups is 1. The van der Waals surface area contributed by atoms with Crippen LogP contribution in [0.15, 0.2) is 30.6 Å². The Bertz CT molecular complexity index is 605. The molecule has 100 valence electrons. The molecule has 0 saturated heterocycles. The molecule has 0 atom stereocenters. The highest BCUT2D eigenvalue weighted by molar-refractivity contribution is 5.99. The van der Waals surface area contributed by atoms with Crippen molar-refractivity contribution in [2.45, 2.75) is 6.54 Å². The van der Waals surface area contributed by atoms with Crippen LogP contribution in [-0.2, 0) is 13.6 Å². The van der Waals surface area contributed by atoms with Crippen LogP contribution >= 0.6 is 0 Å². The Morgan fingerprint density at radius 1 is 1.47 bits per heavy atom. The fourth-order valence-electron chi connectivity index (χ4n) is 1.93. The van der Waals surface area contributed by atoms with Gasteiger partial charge in [-0.1, -0.05) is 0 Å². The summed E-state index contributed by atoms with van der Waals surface area (Å²) in [6, 6.07) is 5.13. The first-order valence-electron chi connectivity index (χ1n) is 5.85. The van der Waals surface area contributed by atoms with E-state index in [1.165, 1.54) is 0 Å². The summed E-state index contributed by atoms with van der Waals surface area (Å²) in [5, 5.41) is 0. The minimum Gasteiger partial charge on any atom is -0.399 e. The van der Waals surface area contributed by atoms with Crippen LogP contribution < -0.4 is 16.4 Å². The first kappa shape index (κ1) is 12.9. The molecule has 0 unspecified atom stereocenters. The number of nitrogens with zero attached hydrogens (tertiary/aromatic N) is 3. The van der Waals surface area contributed by atoms with E-state index in [0.717, 1.165) is 11.5 Å². The first-order valence-corrected chi connectivity index (χ1v) is 5.85. The Labute approximate surface area is 111 Å². The molecule has 1 heterocycles. The van der Waals surface area contributed by atoms with Gasteiger partial charge in [0.25, 0.3) is 5.91 Å². The fraction of sp³-hybridized carbons (Fsp3) is 0.231. The number of anilines is 2. The van der Waals surface area contributed by atoms with E-state index in [2.05, 4.69) is 4.98 Å². The lowest BCUT2D eigenvalue weighted by Crippen LogP contribution is -2.23. The molecule has 6 heteroatoms. The average molecular weight is 259 g/mol. The van der Waals surface area contributed by atoms with Crippen LogP contribution in [0.25, 0.3) is 0 Å². The Balaban J connectivity index is 2.31. The maximum absolute atomic E-state index is 11.5. The lowest BCUT2D eigenvalue weighted by Gasteiger charge is -2.21. The molecule has 1 amide bonds. The zero-order chi connectivity index (χ0) is 14.0. The van der Waals surface area contributed by atoms with Crippen molar-refractivity contribution in [2.24, 2.45) is 12.8 Å². The Kier molecular flexibility index (Phi) is 3.41. The summed E-state index contributed by atoms with van der Waals surface area (Å²) in [6.07, 6.45) is 3.61. The molecule has 2 rings (SSSR count). The number of amides is 1. The third-order valence-corrected chi connectivity index (χ3v) is 3.00. The van der Waals surface area contributed by atoms with Crippen molar-refractivity contribution < 1.29 is 4.79 Å². The molecule has 19 heavy (non-hydrogen) atoms. The summed E-state index contributed by atoms with van der Waals surface area (Å²) >= 11 is 0. The van der Waals surface area contributed by atoms with E-state index in [1.807, 2.05) is 29.8 Å². The predicted molar refractivity (Wildman–Crippen MR) is 74.7 cm³/mol. The Morgan fingerprint density at radius 2 is 2.21 bits per heavy atom. The van der Waals surface area contributed by atoms with Crippen molar-refractivity contribution in [2.75, 3.05) is 17.7 Å². The highest BCUT2D eigenvalue weighted by atomic mass is 16.1. The van der Waals surface area contributed by atoms with Gasteiger partial charge in [0.15, 0.2) is 0 Å². The molecular weight excluding hydrogens is 242 g/mol. The van der Waals surface area contributed by atoms with E-state index in [0.29, 0.717) is 17.8 Å². The van der Waals surface area contributed by atoms with Gasteiger partial charge >= 0.3 is 0 Å². The summed E-state index contributed by atoms with van der Waals surface area (Å²) in [4.78, 5) is 17.6. The Hall–Kier alpha value is -2.50. The smallest absolute Gasteiger partial charge is 0.250 e. The molecule has 0 aliphatic carbocycles. The maximum atomic E-state index is 11.5. The molecule has 0 fully saturated rings. The molecule has 0 aliphatic rings. The van der Waals surface area contributed by atoms with Crippen molar-refractivity contribution in [3.05, 3.63) is 42.0 Å². The van der Waals surface area contributed by atoms with Gasteiger partial charge in [-0.2, -0.15) is 0 Å². The molecule has 0 saturated carbocycles. The van der Waals surface area contributed by atoms with Crippen LogP contribution in [0.2, 0.25) is 0 Å². The number of carbonyl (C=O) groups excluding carboxylic acids is 1. The van der Waals surface area contributed by atoms with Gasteiger partial charge in [-0.25, -0.2) is 4.98 Å². The summed E-state index contributed by atoms with van der Waals surface area (Å²) in [5.41, 5.74) is 12.7. The molecule has 0 aliphatic heterocycles. The van der Waals surface area contributed by atoms with E-state index in [4.69, 9.17) is 11.5 Å². The summed E-state index contributed by atoms with van der Waals surface area (Å²) in [7, 11) is 3.81. The number of rotatable bonds is 4. The molecule has 6 nitrogen and oxygen atoms in total. The van der Waals surface area contributed by atoms with E-state index in [1.54, 1.807) is 24.4 Å². The van der Waals surface area contributed by atoms with Gasteiger partial charge in [0.1, 0.15) is 5.82 Å². The van der Waals surface area contributed by atoms with Crippen LogP contribution in [0.4, 0.5) is 11.4 Å². The molecule has 1 aromatic carbocycles. The molecule has 2 aromatic rings. The number of nitrogen functional groups attached to an aromatic ring is 1. The third-order valence-electron chi connectivity index (χ3n) is 3.00. The van der Waals surface area contributed by atoms with E-state index in [-0.39, 0.29) is 0 Å². The standard InChI is InChI=1S/C13H17N5O/c1-17-6-5-16-12(17)8-18(2)11-4-3-9(14)7-10(11)13(15)19/h3-7H,8,14H2,1-2H3,(H2,15,19). The topological polar surface area (TPSA) is 90.2 Å². The van der Waals surface area contributed by atoms with Crippen molar-refractivity contribution in [3.8, 4) is 0 Å². The van der Waals surface area contributed by atoms with E-state index >= 15 is 0 Å². The van der Waals surface area contributed by atoms with Crippen molar-refractivity contribution in [1.82, 2.24) is 9.55 Å². The number of benzene rings is 1. The largest absolute Gasteiger partial charge is 0.399 e. The van der Waals surface area contributed by atoms with Crippen LogP contribution in [-0.4, -0.2) is 22.5 Å². The van der Waals surface area contributed by atoms with Crippen molar-refractivity contribution in [3.63, 3.8) is 0 Å². The van der Waals surface area contributed by atoms with Crippen LogP contribution in [0, 0.1) is 0 Å². The molecule has 1 aromatic heterocycles. The Morgan fingerprint density at radius 3 is 2.79 bits per heavy atom. The first-order chi connectivity index (χ1) is 8.99. The summed E-state index contributed by atoms with van der Waals surface area (Å²) in [6.45, 7) is 0.577. The lowest BCUT2D eigenvalue weighted by molar-refractivity contribution is 0.100. The fourth-order valence-corrected chi connectivity index (χ4v) is 1.93. The monoisotopic (exact) mass is 259 g/mol. The van der Waals surface area contributed by atoms with Gasteiger partial charge in [0, 0.05) is 37.9 Å². The zero-order valence-electron chi connectivity index (χ0n) is 11.0. The highest BCUT2D eigenvalue weighted by Crippen LogP contribution is 2.23. The van der Waals surface area contributed by atoms with Gasteiger partial charge < -0.3 is 20.9 Å². The van der Waals surface area contributed by atoms with E-state index < -0.39 is 5.91 Å². The summed E-state index contributed by atoms with van der Waals surface area (Å²) in [5.74, 6) is 0.406. The second-order valence-corrected chi connectivity index (χ2v) is 4.45. The highest BCUT2D eigenvalue weighted by Gasteiger charge is 2.14. The quantitative estimate of drug-likeness (QED) is 0.792. The molecule has 0 radical (unpaired) electrons. The second kappa shape index (κ2) is 5.01. The molecule has 0 bridgehead atoms. The van der Waals surface area contributed by atoms with Gasteiger partial charge in [0.2, 0.25) is 0 Å². The zero-order valence-corrected chi connectivity index (χ0v) is 11.0. The van der Waals surface area contributed by atoms with Gasteiger partial charge in [-0.3, -0.25) is 4.79 Å². The normalized spacial score (nSPS) is 10.4. The van der Waals surface area contributed by atoms with Crippen molar-refractivity contribution in [1.29, 1.82) is 0 Å². The number of aromatic nitrogens is 2. The van der Waals surface area contributed by atoms with Crippen LogP contribution in [0.3, 0.4) is 0 Å².